The smallest absolute Gasteiger partial charge is 0.251 e. The highest BCUT2D eigenvalue weighted by atomic mass is 35.5. The topological polar surface area (TPSA) is 49.3 Å². The first kappa shape index (κ1) is 13.8. The van der Waals surface area contributed by atoms with Gasteiger partial charge in [-0.2, -0.15) is 0 Å². The molecule has 94 valence electrons. The first-order valence-electron chi connectivity index (χ1n) is 5.62. The van der Waals surface area contributed by atoms with Gasteiger partial charge in [0.2, 0.25) is 0 Å². The van der Waals surface area contributed by atoms with Crippen LogP contribution in [0.15, 0.2) is 18.2 Å². The first-order valence-corrected chi connectivity index (χ1v) is 6.00. The van der Waals surface area contributed by atoms with E-state index in [2.05, 4.69) is 26.1 Å². The van der Waals surface area contributed by atoms with Gasteiger partial charge >= 0.3 is 0 Å². The molecule has 0 heterocycles. The van der Waals surface area contributed by atoms with Gasteiger partial charge in [0.1, 0.15) is 5.75 Å². The standard InChI is InChI=1S/C13H18ClNO2/c1-4-13(2,3)8-15-12(17)9-5-6-11(16)10(14)7-9/h5-7,16H,4,8H2,1-3H3,(H,15,17). The lowest BCUT2D eigenvalue weighted by molar-refractivity contribution is 0.0935. The van der Waals surface area contributed by atoms with Crippen molar-refractivity contribution < 1.29 is 9.90 Å². The molecule has 1 amide bonds. The maximum absolute atomic E-state index is 11.8. The Morgan fingerprint density at radius 3 is 2.65 bits per heavy atom. The second-order valence-corrected chi connectivity index (χ2v) is 5.27. The van der Waals surface area contributed by atoms with E-state index in [1.165, 1.54) is 12.1 Å². The molecule has 0 saturated carbocycles. The van der Waals surface area contributed by atoms with Crippen LogP contribution in [0.5, 0.6) is 5.75 Å². The third-order valence-corrected chi connectivity index (χ3v) is 3.20. The number of rotatable bonds is 4. The van der Waals surface area contributed by atoms with Crippen molar-refractivity contribution in [3.63, 3.8) is 0 Å². The zero-order chi connectivity index (χ0) is 13.1. The van der Waals surface area contributed by atoms with Crippen molar-refractivity contribution in [2.75, 3.05) is 6.54 Å². The number of hydrogen-bond acceptors (Lipinski definition) is 2. The van der Waals surface area contributed by atoms with Gasteiger partial charge in [-0.3, -0.25) is 4.79 Å². The molecule has 3 nitrogen and oxygen atoms in total. The fourth-order valence-corrected chi connectivity index (χ4v) is 1.38. The van der Waals surface area contributed by atoms with Crippen molar-refractivity contribution in [2.24, 2.45) is 5.41 Å². The van der Waals surface area contributed by atoms with Gasteiger partial charge in [0.25, 0.3) is 5.91 Å². The normalized spacial score (nSPS) is 11.3. The number of carbonyl (C=O) groups excluding carboxylic acids is 1. The molecule has 0 atom stereocenters. The molecule has 0 saturated heterocycles. The summed E-state index contributed by atoms with van der Waals surface area (Å²) in [6.07, 6.45) is 0.990. The van der Waals surface area contributed by atoms with Gasteiger partial charge in [0.15, 0.2) is 0 Å². The molecule has 4 heteroatoms. The summed E-state index contributed by atoms with van der Waals surface area (Å²) < 4.78 is 0. The molecule has 1 aromatic rings. The first-order chi connectivity index (χ1) is 7.85. The van der Waals surface area contributed by atoms with Crippen molar-refractivity contribution in [3.05, 3.63) is 28.8 Å². The monoisotopic (exact) mass is 255 g/mol. The van der Waals surface area contributed by atoms with E-state index in [-0.39, 0.29) is 22.1 Å². The second-order valence-electron chi connectivity index (χ2n) is 4.87. The van der Waals surface area contributed by atoms with Crippen LogP contribution in [0.1, 0.15) is 37.6 Å². The van der Waals surface area contributed by atoms with E-state index in [0.717, 1.165) is 6.42 Å². The lowest BCUT2D eigenvalue weighted by atomic mass is 9.90. The number of phenols is 1. The minimum Gasteiger partial charge on any atom is -0.506 e. The maximum Gasteiger partial charge on any atom is 0.251 e. The molecular formula is C13H18ClNO2. The Morgan fingerprint density at radius 2 is 2.12 bits per heavy atom. The highest BCUT2D eigenvalue weighted by Gasteiger charge is 2.17. The number of halogens is 1. The van der Waals surface area contributed by atoms with Crippen LogP contribution in [0.3, 0.4) is 0 Å². The Kier molecular flexibility index (Phi) is 4.40. The van der Waals surface area contributed by atoms with Gasteiger partial charge in [0, 0.05) is 12.1 Å². The minimum absolute atomic E-state index is 0.0166. The molecule has 0 aromatic heterocycles. The number of hydrogen-bond donors (Lipinski definition) is 2. The lowest BCUT2D eigenvalue weighted by Gasteiger charge is -2.22. The maximum atomic E-state index is 11.8. The van der Waals surface area contributed by atoms with E-state index in [4.69, 9.17) is 11.6 Å². The predicted molar refractivity (Wildman–Crippen MR) is 69.5 cm³/mol. The highest BCUT2D eigenvalue weighted by Crippen LogP contribution is 2.24. The van der Waals surface area contributed by atoms with Gasteiger partial charge in [-0.1, -0.05) is 32.4 Å². The zero-order valence-corrected chi connectivity index (χ0v) is 11.1. The average molecular weight is 256 g/mol. The number of carbonyl (C=O) groups is 1. The molecule has 0 unspecified atom stereocenters. The summed E-state index contributed by atoms with van der Waals surface area (Å²) >= 11 is 5.75. The fourth-order valence-electron chi connectivity index (χ4n) is 1.19. The van der Waals surface area contributed by atoms with Crippen LogP contribution < -0.4 is 5.32 Å². The third-order valence-electron chi connectivity index (χ3n) is 2.89. The Balaban J connectivity index is 2.68. The minimum atomic E-state index is -0.173. The van der Waals surface area contributed by atoms with E-state index >= 15 is 0 Å². The largest absolute Gasteiger partial charge is 0.506 e. The number of nitrogens with one attached hydrogen (secondary N) is 1. The van der Waals surface area contributed by atoms with Crippen LogP contribution >= 0.6 is 11.6 Å². The molecular weight excluding hydrogens is 238 g/mol. The Morgan fingerprint density at radius 1 is 1.47 bits per heavy atom. The van der Waals surface area contributed by atoms with Crippen LogP contribution in [-0.2, 0) is 0 Å². The molecule has 0 aliphatic carbocycles. The van der Waals surface area contributed by atoms with Crippen LogP contribution in [0.4, 0.5) is 0 Å². The summed E-state index contributed by atoms with van der Waals surface area (Å²) in [6.45, 7) is 6.89. The van der Waals surface area contributed by atoms with Gasteiger partial charge in [0.05, 0.1) is 5.02 Å². The van der Waals surface area contributed by atoms with Crippen LogP contribution in [0, 0.1) is 5.41 Å². The van der Waals surface area contributed by atoms with Crippen molar-refractivity contribution in [2.45, 2.75) is 27.2 Å². The van der Waals surface area contributed by atoms with Gasteiger partial charge < -0.3 is 10.4 Å². The SMILES string of the molecule is CCC(C)(C)CNC(=O)c1ccc(O)c(Cl)c1. The lowest BCUT2D eigenvalue weighted by Crippen LogP contribution is -2.33. The van der Waals surface area contributed by atoms with E-state index < -0.39 is 0 Å². The van der Waals surface area contributed by atoms with E-state index in [9.17, 15) is 9.90 Å². The molecule has 17 heavy (non-hydrogen) atoms. The van der Waals surface area contributed by atoms with Crippen molar-refractivity contribution in [1.29, 1.82) is 0 Å². The molecule has 0 spiro atoms. The molecule has 0 fully saturated rings. The van der Waals surface area contributed by atoms with Crippen molar-refractivity contribution >= 4 is 17.5 Å². The Bertz CT molecular complexity index is 416. The molecule has 1 rings (SSSR count). The van der Waals surface area contributed by atoms with Crippen LogP contribution in [-0.4, -0.2) is 17.6 Å². The zero-order valence-electron chi connectivity index (χ0n) is 10.4. The summed E-state index contributed by atoms with van der Waals surface area (Å²) in [6, 6.07) is 4.43. The summed E-state index contributed by atoms with van der Waals surface area (Å²) in [5.74, 6) is -0.189. The number of aromatic hydroxyl groups is 1. The van der Waals surface area contributed by atoms with Gasteiger partial charge in [-0.05, 0) is 30.0 Å². The predicted octanol–water partition coefficient (Wildman–Crippen LogP) is 3.21. The van der Waals surface area contributed by atoms with E-state index in [0.29, 0.717) is 12.1 Å². The van der Waals surface area contributed by atoms with Gasteiger partial charge in [-0.15, -0.1) is 0 Å². The highest BCUT2D eigenvalue weighted by molar-refractivity contribution is 6.32. The Labute approximate surface area is 107 Å². The van der Waals surface area contributed by atoms with E-state index in [1.807, 2.05) is 0 Å². The summed E-state index contributed by atoms with van der Waals surface area (Å²) in [5.41, 5.74) is 0.538. The number of phenolic OH excluding ortho intramolecular Hbond substituents is 1. The van der Waals surface area contributed by atoms with Crippen LogP contribution in [0.25, 0.3) is 0 Å². The second kappa shape index (κ2) is 5.41. The van der Waals surface area contributed by atoms with E-state index in [1.54, 1.807) is 6.07 Å². The molecule has 2 N–H and O–H groups in total. The molecule has 1 aromatic carbocycles. The Hall–Kier alpha value is -1.22. The average Bonchev–Trinajstić information content (AvgIpc) is 2.30. The van der Waals surface area contributed by atoms with Crippen LogP contribution in [0.2, 0.25) is 5.02 Å². The molecule has 0 aliphatic heterocycles. The number of benzene rings is 1. The summed E-state index contributed by atoms with van der Waals surface area (Å²) in [5, 5.41) is 12.3. The summed E-state index contributed by atoms with van der Waals surface area (Å²) in [7, 11) is 0. The van der Waals surface area contributed by atoms with Crippen molar-refractivity contribution in [1.82, 2.24) is 5.32 Å². The number of amides is 1. The third kappa shape index (κ3) is 3.93. The molecule has 0 aliphatic rings. The van der Waals surface area contributed by atoms with Gasteiger partial charge in [-0.25, -0.2) is 0 Å². The quantitative estimate of drug-likeness (QED) is 0.868. The summed E-state index contributed by atoms with van der Waals surface area (Å²) in [4.78, 5) is 11.8. The molecule has 0 radical (unpaired) electrons. The molecule has 0 bridgehead atoms. The fraction of sp³-hybridized carbons (Fsp3) is 0.462. The van der Waals surface area contributed by atoms with Crippen molar-refractivity contribution in [3.8, 4) is 5.75 Å².